The maximum Gasteiger partial charge on any atom is 0.224 e. The van der Waals surface area contributed by atoms with Crippen LogP contribution in [0.3, 0.4) is 0 Å². The van der Waals surface area contributed by atoms with Crippen LogP contribution in [0, 0.1) is 11.7 Å². The third-order valence-corrected chi connectivity index (χ3v) is 3.20. The van der Waals surface area contributed by atoms with Gasteiger partial charge in [-0.2, -0.15) is 0 Å². The number of hydrogen-bond acceptors (Lipinski definition) is 3. The summed E-state index contributed by atoms with van der Waals surface area (Å²) in [5.74, 6) is -0.193. The van der Waals surface area contributed by atoms with Crippen LogP contribution in [0.25, 0.3) is 0 Å². The molecule has 4 nitrogen and oxygen atoms in total. The normalized spacial score (nSPS) is 18.3. The predicted octanol–water partition coefficient (Wildman–Crippen LogP) is 3.01. The lowest BCUT2D eigenvalue weighted by atomic mass is 10.0. The Labute approximate surface area is 118 Å². The lowest BCUT2D eigenvalue weighted by Crippen LogP contribution is -2.19. The number of carbonyl (C=O) groups excluding carboxylic acids is 1. The number of carbonyl (C=O) groups is 1. The van der Waals surface area contributed by atoms with Crippen molar-refractivity contribution in [1.82, 2.24) is 0 Å². The molecule has 1 amide bonds. The number of benzene rings is 1. The topological polar surface area (TPSA) is 50.4 Å². The van der Waals surface area contributed by atoms with Crippen molar-refractivity contribution in [2.75, 3.05) is 23.8 Å². The molecule has 1 unspecified atom stereocenters. The van der Waals surface area contributed by atoms with E-state index in [1.807, 2.05) is 13.8 Å². The third-order valence-electron chi connectivity index (χ3n) is 3.20. The number of halogens is 1. The fourth-order valence-electron chi connectivity index (χ4n) is 2.26. The van der Waals surface area contributed by atoms with Crippen LogP contribution in [0.1, 0.15) is 26.7 Å². The highest BCUT2D eigenvalue weighted by Gasteiger charge is 2.19. The lowest BCUT2D eigenvalue weighted by Gasteiger charge is -2.16. The van der Waals surface area contributed by atoms with Gasteiger partial charge >= 0.3 is 0 Å². The summed E-state index contributed by atoms with van der Waals surface area (Å²) in [6.45, 7) is 5.33. The Balaban J connectivity index is 2.02. The standard InChI is InChI=1S/C15H21FN2O2/c1-10(2)17-13-4-3-12(16)8-14(13)18-15(19)7-11-5-6-20-9-11/h3-4,8,10-11,17H,5-7,9H2,1-2H3,(H,18,19). The monoisotopic (exact) mass is 280 g/mol. The Hall–Kier alpha value is -1.62. The van der Waals surface area contributed by atoms with Crippen LogP contribution in [0.4, 0.5) is 15.8 Å². The van der Waals surface area contributed by atoms with Crippen LogP contribution in [0.15, 0.2) is 18.2 Å². The number of amides is 1. The number of hydrogen-bond donors (Lipinski definition) is 2. The van der Waals surface area contributed by atoms with Gasteiger partial charge in [0.25, 0.3) is 0 Å². The number of ether oxygens (including phenoxy) is 1. The van der Waals surface area contributed by atoms with Crippen LogP contribution in [0.5, 0.6) is 0 Å². The van der Waals surface area contributed by atoms with Gasteiger partial charge in [-0.3, -0.25) is 4.79 Å². The second-order valence-electron chi connectivity index (χ2n) is 5.47. The Morgan fingerprint density at radius 2 is 2.25 bits per heavy atom. The fraction of sp³-hybridized carbons (Fsp3) is 0.533. The summed E-state index contributed by atoms with van der Waals surface area (Å²) in [5, 5.41) is 5.98. The summed E-state index contributed by atoms with van der Waals surface area (Å²) >= 11 is 0. The van der Waals surface area contributed by atoms with Crippen LogP contribution < -0.4 is 10.6 Å². The predicted molar refractivity (Wildman–Crippen MR) is 77.3 cm³/mol. The van der Waals surface area contributed by atoms with Crippen molar-refractivity contribution < 1.29 is 13.9 Å². The molecule has 1 aromatic rings. The van der Waals surface area contributed by atoms with Crippen molar-refractivity contribution in [3.8, 4) is 0 Å². The van der Waals surface area contributed by atoms with E-state index in [9.17, 15) is 9.18 Å². The maximum absolute atomic E-state index is 13.3. The molecule has 20 heavy (non-hydrogen) atoms. The Bertz CT molecular complexity index is 471. The molecule has 5 heteroatoms. The van der Waals surface area contributed by atoms with E-state index in [2.05, 4.69) is 10.6 Å². The minimum Gasteiger partial charge on any atom is -0.381 e. The highest BCUT2D eigenvalue weighted by atomic mass is 19.1. The van der Waals surface area contributed by atoms with Gasteiger partial charge in [0, 0.05) is 25.7 Å². The van der Waals surface area contributed by atoms with Gasteiger partial charge in [0.2, 0.25) is 5.91 Å². The Morgan fingerprint density at radius 3 is 2.90 bits per heavy atom. The van der Waals surface area contributed by atoms with E-state index >= 15 is 0 Å². The maximum atomic E-state index is 13.3. The van der Waals surface area contributed by atoms with Gasteiger partial charge in [-0.1, -0.05) is 0 Å². The Kier molecular flexibility index (Phi) is 4.95. The largest absolute Gasteiger partial charge is 0.381 e. The summed E-state index contributed by atoms with van der Waals surface area (Å²) in [7, 11) is 0. The van der Waals surface area contributed by atoms with Gasteiger partial charge in [-0.25, -0.2) is 4.39 Å². The summed E-state index contributed by atoms with van der Waals surface area (Å²) in [6.07, 6.45) is 1.32. The zero-order chi connectivity index (χ0) is 14.5. The van der Waals surface area contributed by atoms with Crippen molar-refractivity contribution in [3.05, 3.63) is 24.0 Å². The molecule has 1 saturated heterocycles. The van der Waals surface area contributed by atoms with E-state index < -0.39 is 0 Å². The molecule has 2 rings (SSSR count). The average Bonchev–Trinajstić information content (AvgIpc) is 2.84. The highest BCUT2D eigenvalue weighted by Crippen LogP contribution is 2.25. The molecule has 110 valence electrons. The van der Waals surface area contributed by atoms with E-state index in [0.29, 0.717) is 18.7 Å². The van der Waals surface area contributed by atoms with E-state index in [1.54, 1.807) is 6.07 Å². The van der Waals surface area contributed by atoms with Crippen LogP contribution in [0.2, 0.25) is 0 Å². The fourth-order valence-corrected chi connectivity index (χ4v) is 2.26. The molecule has 0 aliphatic carbocycles. The SMILES string of the molecule is CC(C)Nc1ccc(F)cc1NC(=O)CC1CCOC1. The molecule has 1 aromatic carbocycles. The molecule has 1 fully saturated rings. The molecule has 1 aliphatic rings. The third kappa shape index (κ3) is 4.20. The van der Waals surface area contributed by atoms with E-state index in [-0.39, 0.29) is 23.7 Å². The van der Waals surface area contributed by atoms with Gasteiger partial charge < -0.3 is 15.4 Å². The minimum absolute atomic E-state index is 0.0992. The van der Waals surface area contributed by atoms with Crippen molar-refractivity contribution in [2.24, 2.45) is 5.92 Å². The number of nitrogens with one attached hydrogen (secondary N) is 2. The molecular formula is C15H21FN2O2. The molecule has 0 radical (unpaired) electrons. The summed E-state index contributed by atoms with van der Waals surface area (Å²) in [6, 6.07) is 4.57. The number of rotatable bonds is 5. The zero-order valence-electron chi connectivity index (χ0n) is 11.9. The summed E-state index contributed by atoms with van der Waals surface area (Å²) in [4.78, 5) is 12.0. The highest BCUT2D eigenvalue weighted by molar-refractivity contribution is 5.94. The van der Waals surface area contributed by atoms with Crippen LogP contribution in [-0.2, 0) is 9.53 Å². The van der Waals surface area contributed by atoms with Crippen LogP contribution >= 0.6 is 0 Å². The Morgan fingerprint density at radius 1 is 1.45 bits per heavy atom. The summed E-state index contributed by atoms with van der Waals surface area (Å²) in [5.41, 5.74) is 1.22. The molecule has 1 atom stereocenters. The first-order chi connectivity index (χ1) is 9.54. The molecule has 1 heterocycles. The molecule has 0 spiro atoms. The molecule has 0 bridgehead atoms. The van der Waals surface area contributed by atoms with Crippen molar-refractivity contribution in [1.29, 1.82) is 0 Å². The van der Waals surface area contributed by atoms with E-state index in [1.165, 1.54) is 12.1 Å². The first kappa shape index (κ1) is 14.8. The van der Waals surface area contributed by atoms with Gasteiger partial charge in [-0.05, 0) is 44.4 Å². The molecular weight excluding hydrogens is 259 g/mol. The smallest absolute Gasteiger partial charge is 0.224 e. The molecule has 1 aliphatic heterocycles. The number of anilines is 2. The van der Waals surface area contributed by atoms with Gasteiger partial charge in [0.15, 0.2) is 0 Å². The van der Waals surface area contributed by atoms with Gasteiger partial charge in [0.05, 0.1) is 11.4 Å². The quantitative estimate of drug-likeness (QED) is 0.871. The average molecular weight is 280 g/mol. The minimum atomic E-state index is -0.362. The van der Waals surface area contributed by atoms with Gasteiger partial charge in [-0.15, -0.1) is 0 Å². The van der Waals surface area contributed by atoms with Crippen LogP contribution in [-0.4, -0.2) is 25.2 Å². The second-order valence-corrected chi connectivity index (χ2v) is 5.47. The van der Waals surface area contributed by atoms with Crippen molar-refractivity contribution >= 4 is 17.3 Å². The van der Waals surface area contributed by atoms with E-state index in [4.69, 9.17) is 4.74 Å². The van der Waals surface area contributed by atoms with Crippen molar-refractivity contribution in [2.45, 2.75) is 32.7 Å². The molecule has 2 N–H and O–H groups in total. The lowest BCUT2D eigenvalue weighted by molar-refractivity contribution is -0.117. The van der Waals surface area contributed by atoms with Crippen molar-refractivity contribution in [3.63, 3.8) is 0 Å². The molecule has 0 aromatic heterocycles. The van der Waals surface area contributed by atoms with E-state index in [0.717, 1.165) is 18.7 Å². The van der Waals surface area contributed by atoms with Gasteiger partial charge in [0.1, 0.15) is 5.82 Å². The zero-order valence-corrected chi connectivity index (χ0v) is 11.9. The summed E-state index contributed by atoms with van der Waals surface area (Å²) < 4.78 is 18.6. The second kappa shape index (κ2) is 6.70. The first-order valence-electron chi connectivity index (χ1n) is 6.98. The molecule has 0 saturated carbocycles. The first-order valence-corrected chi connectivity index (χ1v) is 6.98.